The van der Waals surface area contributed by atoms with Crippen LogP contribution in [0.25, 0.3) is 0 Å². The highest BCUT2D eigenvalue weighted by atomic mass is 32.2. The van der Waals surface area contributed by atoms with Crippen LogP contribution in [-0.2, 0) is 15.6 Å². The summed E-state index contributed by atoms with van der Waals surface area (Å²) in [7, 11) is -0.812. The van der Waals surface area contributed by atoms with Crippen LogP contribution in [0.5, 0.6) is 0 Å². The van der Waals surface area contributed by atoms with Crippen LogP contribution in [0.1, 0.15) is 40.0 Å². The molecule has 0 N–H and O–H groups in total. The lowest BCUT2D eigenvalue weighted by molar-refractivity contribution is -0.120. The molecule has 2 nitrogen and oxygen atoms in total. The molecule has 0 spiro atoms. The zero-order valence-electron chi connectivity index (χ0n) is 8.58. The third-order valence-electron chi connectivity index (χ3n) is 3.01. The van der Waals surface area contributed by atoms with Gasteiger partial charge in [0.25, 0.3) is 0 Å². The second kappa shape index (κ2) is 4.36. The molecule has 1 rings (SSSR count). The van der Waals surface area contributed by atoms with E-state index in [-0.39, 0.29) is 16.4 Å². The van der Waals surface area contributed by atoms with Crippen LogP contribution in [0.15, 0.2) is 0 Å². The first kappa shape index (κ1) is 10.9. The van der Waals surface area contributed by atoms with Gasteiger partial charge in [0.2, 0.25) is 0 Å². The van der Waals surface area contributed by atoms with Crippen molar-refractivity contribution < 1.29 is 9.00 Å². The van der Waals surface area contributed by atoms with Gasteiger partial charge in [0.1, 0.15) is 5.78 Å². The van der Waals surface area contributed by atoms with Gasteiger partial charge >= 0.3 is 0 Å². The highest BCUT2D eigenvalue weighted by Crippen LogP contribution is 2.28. The Labute approximate surface area is 82.6 Å². The SMILES string of the molecule is CCC(C)S(=O)C1CCC(=O)C1C. The molecule has 1 fully saturated rings. The molecular weight excluding hydrogens is 184 g/mol. The van der Waals surface area contributed by atoms with Crippen molar-refractivity contribution in [2.45, 2.75) is 50.5 Å². The van der Waals surface area contributed by atoms with E-state index in [1.807, 2.05) is 20.8 Å². The third-order valence-corrected chi connectivity index (χ3v) is 5.38. The van der Waals surface area contributed by atoms with E-state index in [0.29, 0.717) is 12.2 Å². The summed E-state index contributed by atoms with van der Waals surface area (Å²) >= 11 is 0. The first-order valence-corrected chi connectivity index (χ1v) is 6.27. The van der Waals surface area contributed by atoms with E-state index < -0.39 is 10.8 Å². The molecule has 1 saturated carbocycles. The molecule has 13 heavy (non-hydrogen) atoms. The molecule has 0 saturated heterocycles. The Hall–Kier alpha value is -0.180. The summed E-state index contributed by atoms with van der Waals surface area (Å²) < 4.78 is 11.9. The lowest BCUT2D eigenvalue weighted by atomic mass is 10.1. The van der Waals surface area contributed by atoms with E-state index in [9.17, 15) is 9.00 Å². The van der Waals surface area contributed by atoms with E-state index >= 15 is 0 Å². The quantitative estimate of drug-likeness (QED) is 0.700. The fourth-order valence-electron chi connectivity index (χ4n) is 1.75. The summed E-state index contributed by atoms with van der Waals surface area (Å²) in [6, 6.07) is 0. The van der Waals surface area contributed by atoms with E-state index in [0.717, 1.165) is 12.8 Å². The lowest BCUT2D eigenvalue weighted by Crippen LogP contribution is -2.27. The van der Waals surface area contributed by atoms with Crippen LogP contribution in [0.3, 0.4) is 0 Å². The number of carbonyl (C=O) groups excluding carboxylic acids is 1. The van der Waals surface area contributed by atoms with Crippen molar-refractivity contribution in [3.8, 4) is 0 Å². The number of ketones is 1. The average Bonchev–Trinajstić information content (AvgIpc) is 2.45. The third kappa shape index (κ3) is 2.19. The molecule has 0 heterocycles. The molecule has 0 amide bonds. The highest BCUT2D eigenvalue weighted by Gasteiger charge is 2.36. The van der Waals surface area contributed by atoms with Gasteiger partial charge in [-0.15, -0.1) is 0 Å². The van der Waals surface area contributed by atoms with Crippen LogP contribution in [0.4, 0.5) is 0 Å². The van der Waals surface area contributed by atoms with Crippen molar-refractivity contribution in [1.82, 2.24) is 0 Å². The second-order valence-electron chi connectivity index (χ2n) is 3.88. The minimum atomic E-state index is -0.812. The van der Waals surface area contributed by atoms with Gasteiger partial charge in [-0.1, -0.05) is 20.8 Å². The Bertz CT molecular complexity index is 225. The predicted molar refractivity (Wildman–Crippen MR) is 55.1 cm³/mol. The van der Waals surface area contributed by atoms with Gasteiger partial charge in [0.05, 0.1) is 0 Å². The summed E-state index contributed by atoms with van der Waals surface area (Å²) in [5.74, 6) is 0.316. The Balaban J connectivity index is 2.63. The van der Waals surface area contributed by atoms with Crippen LogP contribution < -0.4 is 0 Å². The highest BCUT2D eigenvalue weighted by molar-refractivity contribution is 7.86. The van der Waals surface area contributed by atoms with Crippen molar-refractivity contribution >= 4 is 16.6 Å². The van der Waals surface area contributed by atoms with Gasteiger partial charge < -0.3 is 0 Å². The van der Waals surface area contributed by atoms with Crippen LogP contribution >= 0.6 is 0 Å². The zero-order chi connectivity index (χ0) is 10.0. The molecule has 0 aromatic carbocycles. The molecular formula is C10H18O2S. The zero-order valence-corrected chi connectivity index (χ0v) is 9.39. The van der Waals surface area contributed by atoms with Gasteiger partial charge in [-0.3, -0.25) is 9.00 Å². The molecule has 3 heteroatoms. The molecule has 1 aliphatic rings. The maximum absolute atomic E-state index is 11.9. The topological polar surface area (TPSA) is 34.1 Å². The van der Waals surface area contributed by atoms with Gasteiger partial charge in [-0.05, 0) is 12.8 Å². The maximum Gasteiger partial charge on any atom is 0.136 e. The Morgan fingerprint density at radius 2 is 2.23 bits per heavy atom. The summed E-state index contributed by atoms with van der Waals surface area (Å²) in [6.07, 6.45) is 2.40. The number of rotatable bonds is 3. The van der Waals surface area contributed by atoms with Crippen LogP contribution in [0.2, 0.25) is 0 Å². The number of hydrogen-bond acceptors (Lipinski definition) is 2. The first-order valence-electron chi connectivity index (χ1n) is 5.00. The molecule has 0 aliphatic heterocycles. The minimum Gasteiger partial charge on any atom is -0.299 e. The van der Waals surface area contributed by atoms with Gasteiger partial charge in [0, 0.05) is 33.6 Å². The molecule has 0 bridgehead atoms. The molecule has 76 valence electrons. The molecule has 4 unspecified atom stereocenters. The van der Waals surface area contributed by atoms with Gasteiger partial charge in [0.15, 0.2) is 0 Å². The normalized spacial score (nSPS) is 33.3. The van der Waals surface area contributed by atoms with Crippen LogP contribution in [0, 0.1) is 5.92 Å². The van der Waals surface area contributed by atoms with Crippen molar-refractivity contribution in [1.29, 1.82) is 0 Å². The summed E-state index contributed by atoms with van der Waals surface area (Å²) in [5, 5.41) is 0.362. The fraction of sp³-hybridized carbons (Fsp3) is 0.900. The van der Waals surface area contributed by atoms with Gasteiger partial charge in [-0.25, -0.2) is 0 Å². The van der Waals surface area contributed by atoms with Gasteiger partial charge in [-0.2, -0.15) is 0 Å². The molecule has 4 atom stereocenters. The Morgan fingerprint density at radius 3 is 2.62 bits per heavy atom. The predicted octanol–water partition coefficient (Wildman–Crippen LogP) is 1.90. The number of Topliss-reactive ketones (excluding diaryl/α,β-unsaturated/α-hetero) is 1. The molecule has 1 aliphatic carbocycles. The molecule has 0 radical (unpaired) electrons. The van der Waals surface area contributed by atoms with Crippen molar-refractivity contribution in [2.24, 2.45) is 5.92 Å². The monoisotopic (exact) mass is 202 g/mol. The van der Waals surface area contributed by atoms with Crippen molar-refractivity contribution in [2.75, 3.05) is 0 Å². The molecule has 0 aromatic heterocycles. The van der Waals surface area contributed by atoms with E-state index in [1.165, 1.54) is 0 Å². The maximum atomic E-state index is 11.9. The Morgan fingerprint density at radius 1 is 1.62 bits per heavy atom. The smallest absolute Gasteiger partial charge is 0.136 e. The number of carbonyl (C=O) groups is 1. The first-order chi connectivity index (χ1) is 6.07. The average molecular weight is 202 g/mol. The summed E-state index contributed by atoms with van der Waals surface area (Å²) in [6.45, 7) is 5.97. The number of hydrogen-bond donors (Lipinski definition) is 0. The van der Waals surface area contributed by atoms with E-state index in [4.69, 9.17) is 0 Å². The summed E-state index contributed by atoms with van der Waals surface area (Å²) in [4.78, 5) is 11.3. The second-order valence-corrected chi connectivity index (χ2v) is 5.95. The molecule has 0 aromatic rings. The van der Waals surface area contributed by atoms with E-state index in [2.05, 4.69) is 0 Å². The van der Waals surface area contributed by atoms with Crippen molar-refractivity contribution in [3.05, 3.63) is 0 Å². The minimum absolute atomic E-state index is 0.0230. The largest absolute Gasteiger partial charge is 0.299 e. The van der Waals surface area contributed by atoms with Crippen molar-refractivity contribution in [3.63, 3.8) is 0 Å². The summed E-state index contributed by atoms with van der Waals surface area (Å²) in [5.41, 5.74) is 0. The van der Waals surface area contributed by atoms with Crippen LogP contribution in [-0.4, -0.2) is 20.5 Å². The fourth-order valence-corrected chi connectivity index (χ4v) is 3.58. The Kier molecular flexibility index (Phi) is 3.65. The lowest BCUT2D eigenvalue weighted by Gasteiger charge is -2.17. The van der Waals surface area contributed by atoms with E-state index in [1.54, 1.807) is 0 Å². The standard InChI is InChI=1S/C10H18O2S/c1-4-7(2)13(12)10-6-5-9(11)8(10)3/h7-8,10H,4-6H2,1-3H3.